The van der Waals surface area contributed by atoms with Crippen molar-refractivity contribution in [1.82, 2.24) is 9.78 Å². The van der Waals surface area contributed by atoms with Crippen LogP contribution in [0.1, 0.15) is 32.2 Å². The standard InChI is InChI=1S/C18H20F3N3O2S/c1-4-13(6-5-12(2)3)16-11-17(18(19,20)21)23-24(16)14-7-9-15(10-8-14)27(22,25)26/h4-12H,1-3H3,(H2,22,25,26)/b6-5-,13-4+. The maximum absolute atomic E-state index is 13.2. The fourth-order valence-corrected chi connectivity index (χ4v) is 2.84. The van der Waals surface area contributed by atoms with E-state index in [0.717, 1.165) is 10.7 Å². The van der Waals surface area contributed by atoms with E-state index in [9.17, 15) is 21.6 Å². The third kappa shape index (κ3) is 5.08. The monoisotopic (exact) mass is 399 g/mol. The molecular formula is C18H20F3N3O2S. The number of benzene rings is 1. The molecule has 0 unspecified atom stereocenters. The number of aromatic nitrogens is 2. The van der Waals surface area contributed by atoms with Crippen molar-refractivity contribution in [3.8, 4) is 5.69 Å². The van der Waals surface area contributed by atoms with E-state index in [-0.39, 0.29) is 22.2 Å². The molecule has 2 rings (SSSR count). The van der Waals surface area contributed by atoms with Gasteiger partial charge in [-0.3, -0.25) is 0 Å². The van der Waals surface area contributed by atoms with Crippen LogP contribution in [0, 0.1) is 5.92 Å². The highest BCUT2D eigenvalue weighted by Crippen LogP contribution is 2.32. The first-order chi connectivity index (χ1) is 12.4. The molecule has 0 bridgehead atoms. The minimum Gasteiger partial charge on any atom is -0.233 e. The van der Waals surface area contributed by atoms with Crippen molar-refractivity contribution in [1.29, 1.82) is 0 Å². The summed E-state index contributed by atoms with van der Waals surface area (Å²) in [4.78, 5) is -0.137. The number of sulfonamides is 1. The molecule has 146 valence electrons. The minimum atomic E-state index is -4.61. The molecule has 0 atom stereocenters. The molecule has 0 spiro atoms. The fraction of sp³-hybridized carbons (Fsp3) is 0.278. The van der Waals surface area contributed by atoms with Gasteiger partial charge in [-0.1, -0.05) is 32.1 Å². The molecule has 2 aromatic rings. The zero-order chi connectivity index (χ0) is 20.4. The molecule has 0 fully saturated rings. The number of hydrogen-bond acceptors (Lipinski definition) is 3. The van der Waals surface area contributed by atoms with E-state index in [1.54, 1.807) is 19.1 Å². The first-order valence-electron chi connectivity index (χ1n) is 8.09. The van der Waals surface area contributed by atoms with Gasteiger partial charge in [0.05, 0.1) is 16.3 Å². The SMILES string of the molecule is C/C=C(\C=C/C(C)C)c1cc(C(F)(F)F)nn1-c1ccc(S(N)(=O)=O)cc1. The van der Waals surface area contributed by atoms with Gasteiger partial charge in [0.25, 0.3) is 0 Å². The van der Waals surface area contributed by atoms with E-state index < -0.39 is 21.9 Å². The second-order valence-electron chi connectivity index (χ2n) is 6.21. The summed E-state index contributed by atoms with van der Waals surface area (Å²) >= 11 is 0. The summed E-state index contributed by atoms with van der Waals surface area (Å²) in [6.07, 6.45) is 0.674. The average molecular weight is 399 g/mol. The van der Waals surface area contributed by atoms with E-state index >= 15 is 0 Å². The first-order valence-corrected chi connectivity index (χ1v) is 9.63. The third-order valence-corrected chi connectivity index (χ3v) is 4.61. The summed E-state index contributed by atoms with van der Waals surface area (Å²) in [5, 5.41) is 8.73. The van der Waals surface area contributed by atoms with E-state index in [1.165, 1.54) is 24.3 Å². The van der Waals surface area contributed by atoms with Crippen LogP contribution in [0.5, 0.6) is 0 Å². The number of rotatable bonds is 5. The Labute approximate surface area is 156 Å². The number of allylic oxidation sites excluding steroid dienone is 4. The van der Waals surface area contributed by atoms with E-state index in [4.69, 9.17) is 5.14 Å². The molecule has 9 heteroatoms. The lowest BCUT2D eigenvalue weighted by Crippen LogP contribution is -2.12. The quantitative estimate of drug-likeness (QED) is 0.767. The molecule has 0 aliphatic heterocycles. The number of alkyl halides is 3. The second-order valence-corrected chi connectivity index (χ2v) is 7.77. The zero-order valence-corrected chi connectivity index (χ0v) is 15.8. The van der Waals surface area contributed by atoms with Crippen molar-refractivity contribution < 1.29 is 21.6 Å². The second kappa shape index (κ2) is 7.69. The number of nitrogens with zero attached hydrogens (tertiary/aromatic N) is 2. The van der Waals surface area contributed by atoms with Gasteiger partial charge in [-0.05, 0) is 48.7 Å². The molecule has 0 saturated heterocycles. The Morgan fingerprint density at radius 1 is 1.22 bits per heavy atom. The molecule has 27 heavy (non-hydrogen) atoms. The smallest absolute Gasteiger partial charge is 0.233 e. The van der Waals surface area contributed by atoms with Crippen molar-refractivity contribution in [2.24, 2.45) is 11.1 Å². The van der Waals surface area contributed by atoms with Gasteiger partial charge in [-0.2, -0.15) is 18.3 Å². The van der Waals surface area contributed by atoms with Gasteiger partial charge in [0.2, 0.25) is 10.0 Å². The van der Waals surface area contributed by atoms with Gasteiger partial charge in [0.1, 0.15) is 0 Å². The Kier molecular flexibility index (Phi) is 5.96. The Morgan fingerprint density at radius 3 is 2.26 bits per heavy atom. The Bertz CT molecular complexity index is 970. The predicted octanol–water partition coefficient (Wildman–Crippen LogP) is 4.15. The van der Waals surface area contributed by atoms with Crippen LogP contribution in [0.4, 0.5) is 13.2 Å². The normalized spacial score (nSPS) is 13.7. The lowest BCUT2D eigenvalue weighted by atomic mass is 10.1. The van der Waals surface area contributed by atoms with Crippen LogP contribution in [0.2, 0.25) is 0 Å². The van der Waals surface area contributed by atoms with Crippen LogP contribution in [-0.2, 0) is 16.2 Å². The van der Waals surface area contributed by atoms with Crippen LogP contribution in [-0.4, -0.2) is 18.2 Å². The molecule has 0 aliphatic carbocycles. The van der Waals surface area contributed by atoms with Gasteiger partial charge < -0.3 is 0 Å². The topological polar surface area (TPSA) is 78.0 Å². The van der Waals surface area contributed by atoms with Gasteiger partial charge in [0.15, 0.2) is 5.69 Å². The van der Waals surface area contributed by atoms with Crippen LogP contribution < -0.4 is 5.14 Å². The molecule has 0 saturated carbocycles. The average Bonchev–Trinajstić information content (AvgIpc) is 3.00. The summed E-state index contributed by atoms with van der Waals surface area (Å²) < 4.78 is 63.5. The molecule has 0 amide bonds. The molecular weight excluding hydrogens is 379 g/mol. The highest BCUT2D eigenvalue weighted by Gasteiger charge is 2.35. The molecule has 0 radical (unpaired) electrons. The maximum Gasteiger partial charge on any atom is 0.435 e. The summed E-state index contributed by atoms with van der Waals surface area (Å²) in [6.45, 7) is 5.62. The zero-order valence-electron chi connectivity index (χ0n) is 15.0. The summed E-state index contributed by atoms with van der Waals surface area (Å²) in [7, 11) is -3.90. The molecule has 1 aromatic heterocycles. The van der Waals surface area contributed by atoms with Gasteiger partial charge >= 0.3 is 6.18 Å². The summed E-state index contributed by atoms with van der Waals surface area (Å²) in [5.74, 6) is 0.215. The maximum atomic E-state index is 13.2. The Morgan fingerprint density at radius 2 is 1.81 bits per heavy atom. The number of nitrogens with two attached hydrogens (primary N) is 1. The molecule has 5 nitrogen and oxygen atoms in total. The van der Waals surface area contributed by atoms with Crippen molar-refractivity contribution in [3.05, 3.63) is 59.9 Å². The van der Waals surface area contributed by atoms with Crippen LogP contribution in [0.3, 0.4) is 0 Å². The van der Waals surface area contributed by atoms with Crippen LogP contribution in [0.15, 0.2) is 53.5 Å². The lowest BCUT2D eigenvalue weighted by Gasteiger charge is -2.09. The van der Waals surface area contributed by atoms with Crippen molar-refractivity contribution >= 4 is 15.6 Å². The minimum absolute atomic E-state index is 0.137. The first kappa shape index (κ1) is 20.9. The molecule has 2 N–H and O–H groups in total. The third-order valence-electron chi connectivity index (χ3n) is 3.68. The lowest BCUT2D eigenvalue weighted by molar-refractivity contribution is -0.141. The summed E-state index contributed by atoms with van der Waals surface area (Å²) in [5.41, 5.74) is 0.0443. The highest BCUT2D eigenvalue weighted by molar-refractivity contribution is 7.89. The molecule has 1 aromatic carbocycles. The fourth-order valence-electron chi connectivity index (χ4n) is 2.32. The van der Waals surface area contributed by atoms with Gasteiger partial charge in [-0.25, -0.2) is 18.2 Å². The van der Waals surface area contributed by atoms with Crippen molar-refractivity contribution in [2.45, 2.75) is 31.8 Å². The number of primary sulfonamides is 1. The number of hydrogen-bond donors (Lipinski definition) is 1. The van der Waals surface area contributed by atoms with Gasteiger partial charge in [-0.15, -0.1) is 0 Å². The van der Waals surface area contributed by atoms with E-state index in [2.05, 4.69) is 5.10 Å². The largest absolute Gasteiger partial charge is 0.435 e. The predicted molar refractivity (Wildman–Crippen MR) is 97.6 cm³/mol. The Hall–Kier alpha value is -2.39. The van der Waals surface area contributed by atoms with E-state index in [1.807, 2.05) is 19.9 Å². The van der Waals surface area contributed by atoms with Gasteiger partial charge in [0, 0.05) is 0 Å². The van der Waals surface area contributed by atoms with Crippen LogP contribution >= 0.6 is 0 Å². The molecule has 0 aliphatic rings. The van der Waals surface area contributed by atoms with Crippen LogP contribution in [0.25, 0.3) is 11.3 Å². The highest BCUT2D eigenvalue weighted by atomic mass is 32.2. The number of halogens is 3. The molecule has 1 heterocycles. The Balaban J connectivity index is 2.62. The van der Waals surface area contributed by atoms with E-state index in [0.29, 0.717) is 5.57 Å². The van der Waals surface area contributed by atoms with Crippen molar-refractivity contribution in [3.63, 3.8) is 0 Å². The summed E-state index contributed by atoms with van der Waals surface area (Å²) in [6, 6.07) is 6.13. The van der Waals surface area contributed by atoms with Crippen molar-refractivity contribution in [2.75, 3.05) is 0 Å².